The van der Waals surface area contributed by atoms with Gasteiger partial charge < -0.3 is 5.32 Å². The largest absolute Gasteiger partial charge is 0.317 e. The summed E-state index contributed by atoms with van der Waals surface area (Å²) in [6.07, 6.45) is 4.37. The average Bonchev–Trinajstić information content (AvgIpc) is 2.39. The number of rotatable bonds is 7. The van der Waals surface area contributed by atoms with Gasteiger partial charge in [-0.15, -0.1) is 0 Å². The molecule has 1 heterocycles. The number of nitrogens with zero attached hydrogens (tertiary/aromatic N) is 1. The minimum atomic E-state index is -3.11. The number of hydrogen-bond acceptors (Lipinski definition) is 3. The van der Waals surface area contributed by atoms with Crippen LogP contribution in [-0.2, 0) is 10.0 Å². The monoisotopic (exact) mass is 276 g/mol. The fourth-order valence-electron chi connectivity index (χ4n) is 2.40. The first-order chi connectivity index (χ1) is 8.54. The van der Waals surface area contributed by atoms with Gasteiger partial charge in [-0.05, 0) is 45.7 Å². The predicted octanol–water partition coefficient (Wildman–Crippen LogP) is 1.97. The van der Waals surface area contributed by atoms with Crippen LogP contribution in [0.25, 0.3) is 0 Å². The van der Waals surface area contributed by atoms with Crippen molar-refractivity contribution in [2.75, 3.05) is 19.6 Å². The zero-order valence-corrected chi connectivity index (χ0v) is 12.8. The van der Waals surface area contributed by atoms with Crippen LogP contribution in [0.15, 0.2) is 0 Å². The van der Waals surface area contributed by atoms with E-state index >= 15 is 0 Å². The Bertz CT molecular complexity index is 324. The highest BCUT2D eigenvalue weighted by atomic mass is 32.2. The highest BCUT2D eigenvalue weighted by molar-refractivity contribution is 7.89. The molecule has 0 spiro atoms. The van der Waals surface area contributed by atoms with Gasteiger partial charge in [0, 0.05) is 12.6 Å². The van der Waals surface area contributed by atoms with Crippen molar-refractivity contribution in [3.8, 4) is 0 Å². The lowest BCUT2D eigenvalue weighted by Crippen LogP contribution is -2.47. The van der Waals surface area contributed by atoms with Gasteiger partial charge in [0.1, 0.15) is 0 Å². The van der Waals surface area contributed by atoms with Crippen molar-refractivity contribution < 1.29 is 8.42 Å². The first kappa shape index (κ1) is 15.9. The molecule has 0 aromatic carbocycles. The zero-order valence-electron chi connectivity index (χ0n) is 12.0. The maximum atomic E-state index is 12.7. The minimum absolute atomic E-state index is 0.122. The lowest BCUT2D eigenvalue weighted by atomic mass is 10.2. The maximum Gasteiger partial charge on any atom is 0.217 e. The summed E-state index contributed by atoms with van der Waals surface area (Å²) in [5.74, 6) is 0. The van der Waals surface area contributed by atoms with Crippen molar-refractivity contribution in [2.45, 2.75) is 64.2 Å². The molecule has 0 aromatic heterocycles. The molecule has 0 amide bonds. The second-order valence-corrected chi connectivity index (χ2v) is 7.38. The molecule has 1 atom stereocenters. The van der Waals surface area contributed by atoms with Gasteiger partial charge in [-0.1, -0.05) is 20.3 Å². The van der Waals surface area contributed by atoms with E-state index in [2.05, 4.69) is 19.2 Å². The fraction of sp³-hybridized carbons (Fsp3) is 1.00. The van der Waals surface area contributed by atoms with Crippen LogP contribution in [0.5, 0.6) is 0 Å². The Kier molecular flexibility index (Phi) is 6.60. The molecule has 0 saturated carbocycles. The molecule has 0 aliphatic carbocycles. The van der Waals surface area contributed by atoms with Gasteiger partial charge in [0.05, 0.1) is 5.25 Å². The van der Waals surface area contributed by atoms with Crippen LogP contribution >= 0.6 is 0 Å². The molecule has 0 radical (unpaired) electrons. The number of unbranched alkanes of at least 4 members (excludes halogenated alkanes) is 1. The second-order valence-electron chi connectivity index (χ2n) is 5.22. The molecule has 0 aromatic rings. The number of sulfonamides is 1. The van der Waals surface area contributed by atoms with E-state index < -0.39 is 10.0 Å². The van der Waals surface area contributed by atoms with Crippen molar-refractivity contribution in [3.05, 3.63) is 0 Å². The summed E-state index contributed by atoms with van der Waals surface area (Å²) in [4.78, 5) is 0. The molecule has 1 saturated heterocycles. The third-order valence-corrected chi connectivity index (χ3v) is 6.36. The summed E-state index contributed by atoms with van der Waals surface area (Å²) in [7, 11) is -3.11. The molecule has 1 aliphatic rings. The maximum absolute atomic E-state index is 12.7. The third-order valence-electron chi connectivity index (χ3n) is 3.85. The quantitative estimate of drug-likeness (QED) is 0.773. The van der Waals surface area contributed by atoms with E-state index in [-0.39, 0.29) is 11.3 Å². The molecule has 108 valence electrons. The highest BCUT2D eigenvalue weighted by Gasteiger charge is 2.34. The lowest BCUT2D eigenvalue weighted by molar-refractivity contribution is 0.315. The van der Waals surface area contributed by atoms with E-state index in [4.69, 9.17) is 0 Å². The first-order valence-corrected chi connectivity index (χ1v) is 8.75. The standard InChI is InChI=1S/C13H28N2O2S/c1-4-6-11-15(12(3)5-2)18(16,17)13-7-9-14-10-8-13/h12-14H,4-11H2,1-3H3. The molecule has 1 aliphatic heterocycles. The molecule has 0 bridgehead atoms. The summed E-state index contributed by atoms with van der Waals surface area (Å²) in [6.45, 7) is 8.51. The van der Waals surface area contributed by atoms with Gasteiger partial charge >= 0.3 is 0 Å². The van der Waals surface area contributed by atoms with Crippen LogP contribution < -0.4 is 5.32 Å². The van der Waals surface area contributed by atoms with Crippen LogP contribution in [0.3, 0.4) is 0 Å². The normalized spacial score (nSPS) is 20.2. The predicted molar refractivity (Wildman–Crippen MR) is 76.2 cm³/mol. The highest BCUT2D eigenvalue weighted by Crippen LogP contribution is 2.21. The van der Waals surface area contributed by atoms with Crippen LogP contribution in [0.1, 0.15) is 52.9 Å². The van der Waals surface area contributed by atoms with Crippen molar-refractivity contribution in [3.63, 3.8) is 0 Å². The Balaban J connectivity index is 2.80. The summed E-state index contributed by atoms with van der Waals surface area (Å²) in [6, 6.07) is 0.122. The Hall–Kier alpha value is -0.130. The van der Waals surface area contributed by atoms with Gasteiger partial charge in [0.15, 0.2) is 0 Å². The summed E-state index contributed by atoms with van der Waals surface area (Å²) in [5, 5.41) is 3.05. The van der Waals surface area contributed by atoms with Crippen molar-refractivity contribution in [1.82, 2.24) is 9.62 Å². The smallest absolute Gasteiger partial charge is 0.217 e. The van der Waals surface area contributed by atoms with Crippen LogP contribution in [0.4, 0.5) is 0 Å². The number of piperidine rings is 1. The second kappa shape index (κ2) is 7.46. The van der Waals surface area contributed by atoms with E-state index in [0.717, 1.165) is 45.2 Å². The van der Waals surface area contributed by atoms with Crippen LogP contribution in [-0.4, -0.2) is 43.6 Å². The van der Waals surface area contributed by atoms with Gasteiger partial charge in [0.25, 0.3) is 0 Å². The number of hydrogen-bond donors (Lipinski definition) is 1. The topological polar surface area (TPSA) is 49.4 Å². The molecule has 1 unspecified atom stereocenters. The Morgan fingerprint density at radius 1 is 1.28 bits per heavy atom. The molecule has 5 heteroatoms. The SMILES string of the molecule is CCCCN(C(C)CC)S(=O)(=O)C1CCNCC1. The summed E-state index contributed by atoms with van der Waals surface area (Å²) in [5.41, 5.74) is 0. The van der Waals surface area contributed by atoms with Crippen LogP contribution in [0, 0.1) is 0 Å². The van der Waals surface area contributed by atoms with E-state index in [1.807, 2.05) is 6.92 Å². The molecule has 1 N–H and O–H groups in total. The summed E-state index contributed by atoms with van der Waals surface area (Å²) < 4.78 is 27.1. The number of nitrogens with one attached hydrogen (secondary N) is 1. The van der Waals surface area contributed by atoms with E-state index in [0.29, 0.717) is 6.54 Å². The Morgan fingerprint density at radius 3 is 2.39 bits per heavy atom. The van der Waals surface area contributed by atoms with E-state index in [1.165, 1.54) is 0 Å². The zero-order chi connectivity index (χ0) is 13.6. The lowest BCUT2D eigenvalue weighted by Gasteiger charge is -2.33. The Morgan fingerprint density at radius 2 is 1.89 bits per heavy atom. The molecule has 1 fully saturated rings. The minimum Gasteiger partial charge on any atom is -0.317 e. The van der Waals surface area contributed by atoms with Crippen molar-refractivity contribution in [1.29, 1.82) is 0 Å². The molecular weight excluding hydrogens is 248 g/mol. The average molecular weight is 276 g/mol. The summed E-state index contributed by atoms with van der Waals surface area (Å²) >= 11 is 0. The fourth-order valence-corrected chi connectivity index (χ4v) is 4.65. The van der Waals surface area contributed by atoms with Crippen molar-refractivity contribution in [2.24, 2.45) is 0 Å². The van der Waals surface area contributed by atoms with Crippen molar-refractivity contribution >= 4 is 10.0 Å². The van der Waals surface area contributed by atoms with E-state index in [1.54, 1.807) is 4.31 Å². The molecule has 1 rings (SSSR count). The van der Waals surface area contributed by atoms with Gasteiger partial charge in [0.2, 0.25) is 10.0 Å². The van der Waals surface area contributed by atoms with E-state index in [9.17, 15) is 8.42 Å². The molecule has 4 nitrogen and oxygen atoms in total. The molecular formula is C13H28N2O2S. The first-order valence-electron chi connectivity index (χ1n) is 7.25. The third kappa shape index (κ3) is 3.93. The van der Waals surface area contributed by atoms with Gasteiger partial charge in [-0.3, -0.25) is 0 Å². The van der Waals surface area contributed by atoms with Gasteiger partial charge in [-0.2, -0.15) is 4.31 Å². The Labute approximate surface area is 112 Å². The molecule has 18 heavy (non-hydrogen) atoms. The van der Waals surface area contributed by atoms with Gasteiger partial charge in [-0.25, -0.2) is 8.42 Å². The van der Waals surface area contributed by atoms with Crippen LogP contribution in [0.2, 0.25) is 0 Å².